The van der Waals surface area contributed by atoms with E-state index in [1.54, 1.807) is 24.3 Å². The molecule has 0 saturated carbocycles. The lowest BCUT2D eigenvalue weighted by Crippen LogP contribution is -2.55. The molecule has 254 valence electrons. The molecule has 5 rings (SSSR count). The fourth-order valence-electron chi connectivity index (χ4n) is 6.28. The Labute approximate surface area is 290 Å². The normalized spacial score (nSPS) is 15.3. The highest BCUT2D eigenvalue weighted by Crippen LogP contribution is 2.32. The Morgan fingerprint density at radius 1 is 1.08 bits per heavy atom. The first-order valence-electron chi connectivity index (χ1n) is 16.3. The van der Waals surface area contributed by atoms with E-state index >= 15 is 0 Å². The topological polar surface area (TPSA) is 140 Å². The molecule has 3 heterocycles. The monoisotopic (exact) mass is 695 g/mol. The van der Waals surface area contributed by atoms with Crippen molar-refractivity contribution in [1.29, 1.82) is 0 Å². The van der Waals surface area contributed by atoms with Gasteiger partial charge in [0.2, 0.25) is 0 Å². The minimum absolute atomic E-state index is 0.0265. The highest BCUT2D eigenvalue weighted by molar-refractivity contribution is 6.34. The summed E-state index contributed by atoms with van der Waals surface area (Å²) in [5.41, 5.74) is 10.2. The summed E-state index contributed by atoms with van der Waals surface area (Å²) in [6, 6.07) is 10.5. The summed E-state index contributed by atoms with van der Waals surface area (Å²) < 4.78 is 8.69. The van der Waals surface area contributed by atoms with Crippen LogP contribution in [-0.4, -0.2) is 101 Å². The number of nitrogens with zero attached hydrogens (tertiary/aromatic N) is 4. The predicted molar refractivity (Wildman–Crippen MR) is 183 cm³/mol. The Balaban J connectivity index is 1.44. The molecule has 0 spiro atoms. The van der Waals surface area contributed by atoms with E-state index < -0.39 is 11.8 Å². The molecule has 48 heavy (non-hydrogen) atoms. The van der Waals surface area contributed by atoms with E-state index in [9.17, 15) is 14.4 Å². The third-order valence-electron chi connectivity index (χ3n) is 9.14. The Morgan fingerprint density at radius 3 is 2.58 bits per heavy atom. The highest BCUT2D eigenvalue weighted by atomic mass is 35.5. The van der Waals surface area contributed by atoms with Crippen molar-refractivity contribution >= 4 is 40.9 Å². The molecule has 1 aromatic heterocycles. The van der Waals surface area contributed by atoms with Gasteiger partial charge in [0.05, 0.1) is 54.2 Å². The van der Waals surface area contributed by atoms with Crippen LogP contribution in [0, 0.1) is 11.8 Å². The number of quaternary nitrogens is 1. The standard InChI is InChI=1S/C35H40Cl2N6O5/c1-2-43(16-19-48-20-17-43)15-4-13-42-31-11-14-41(35(47)33(38)45)23-28(31)32(40-42)26-8-10-29(36)25(22-26)7-5-24-6-9-30(37)27(21-24)34(46)39-12-3-18-44/h6,8-10,21-22,44H,2-4,11-20,23H2,1H3,(H2-,38,39,45,46)/p+1. The van der Waals surface area contributed by atoms with Crippen molar-refractivity contribution < 1.29 is 28.7 Å². The number of primary amides is 1. The number of aromatic nitrogens is 2. The lowest BCUT2D eigenvalue weighted by atomic mass is 9.99. The van der Waals surface area contributed by atoms with Crippen LogP contribution in [0.3, 0.4) is 0 Å². The number of morpholine rings is 1. The van der Waals surface area contributed by atoms with Crippen LogP contribution < -0.4 is 11.1 Å². The summed E-state index contributed by atoms with van der Waals surface area (Å²) in [6.45, 7) is 9.50. The summed E-state index contributed by atoms with van der Waals surface area (Å²) in [7, 11) is 0. The maximum atomic E-state index is 12.6. The van der Waals surface area contributed by atoms with Gasteiger partial charge in [0.25, 0.3) is 5.91 Å². The molecule has 1 fully saturated rings. The van der Waals surface area contributed by atoms with Crippen molar-refractivity contribution in [2.24, 2.45) is 5.73 Å². The lowest BCUT2D eigenvalue weighted by Gasteiger charge is -2.40. The van der Waals surface area contributed by atoms with Gasteiger partial charge >= 0.3 is 11.8 Å². The number of likely N-dealkylation sites (N-methyl/N-ethyl adjacent to an activating group) is 1. The van der Waals surface area contributed by atoms with Crippen LogP contribution >= 0.6 is 23.2 Å². The number of fused-ring (bicyclic) bond motifs is 1. The van der Waals surface area contributed by atoms with Crippen LogP contribution in [0.15, 0.2) is 36.4 Å². The minimum Gasteiger partial charge on any atom is -0.396 e. The summed E-state index contributed by atoms with van der Waals surface area (Å²) in [5, 5.41) is 17.5. The molecule has 3 aromatic rings. The molecular weight excluding hydrogens is 655 g/mol. The van der Waals surface area contributed by atoms with E-state index in [1.165, 1.54) is 4.90 Å². The number of rotatable bonds is 10. The smallest absolute Gasteiger partial charge is 0.311 e. The number of amides is 3. The Kier molecular flexibility index (Phi) is 11.8. The summed E-state index contributed by atoms with van der Waals surface area (Å²) >= 11 is 12.9. The van der Waals surface area contributed by atoms with Crippen molar-refractivity contribution in [3.8, 4) is 23.1 Å². The Hall–Kier alpha value is -3.92. The number of carbonyl (C=O) groups excluding carboxylic acids is 3. The van der Waals surface area contributed by atoms with Crippen molar-refractivity contribution in [2.45, 2.75) is 39.3 Å². The summed E-state index contributed by atoms with van der Waals surface area (Å²) in [4.78, 5) is 38.4. The molecule has 1 saturated heterocycles. The number of benzene rings is 2. The number of nitrogens with two attached hydrogens (primary N) is 1. The average Bonchev–Trinajstić information content (AvgIpc) is 3.46. The number of nitrogens with one attached hydrogen (secondary N) is 1. The Morgan fingerprint density at radius 2 is 1.85 bits per heavy atom. The van der Waals surface area contributed by atoms with Gasteiger partial charge in [0, 0.05) is 67.0 Å². The van der Waals surface area contributed by atoms with E-state index in [1.807, 2.05) is 16.8 Å². The SMILES string of the molecule is CC[N+]1(CCCn2nc(-c3ccc(Cl)c(C#Cc4ccc(Cl)c(C(=O)NCCCO)c4)c3)c3c2CCN(C(=O)C(N)=O)C3)CCOCC1. The first-order valence-corrected chi connectivity index (χ1v) is 17.0. The maximum absolute atomic E-state index is 12.6. The molecule has 0 atom stereocenters. The molecule has 2 aliphatic heterocycles. The zero-order valence-corrected chi connectivity index (χ0v) is 28.6. The largest absolute Gasteiger partial charge is 0.396 e. The van der Waals surface area contributed by atoms with E-state index in [0.29, 0.717) is 52.8 Å². The van der Waals surface area contributed by atoms with Crippen LogP contribution in [0.2, 0.25) is 10.0 Å². The molecular formula is C35H41Cl2N6O5+. The zero-order valence-electron chi connectivity index (χ0n) is 27.1. The van der Waals surface area contributed by atoms with E-state index in [2.05, 4.69) is 24.1 Å². The van der Waals surface area contributed by atoms with Crippen molar-refractivity contribution in [1.82, 2.24) is 20.0 Å². The van der Waals surface area contributed by atoms with Gasteiger partial charge < -0.3 is 30.3 Å². The Bertz CT molecular complexity index is 1740. The number of carbonyl (C=O) groups is 3. The zero-order chi connectivity index (χ0) is 34.3. The number of hydrogen-bond acceptors (Lipinski definition) is 6. The number of aliphatic hydroxyl groups excluding tert-OH is 1. The number of aryl methyl sites for hydroxylation is 1. The van der Waals surface area contributed by atoms with Crippen LogP contribution in [-0.2, 0) is 33.8 Å². The van der Waals surface area contributed by atoms with E-state index in [4.69, 9.17) is 43.9 Å². The van der Waals surface area contributed by atoms with Gasteiger partial charge in [-0.25, -0.2) is 0 Å². The van der Waals surface area contributed by atoms with Gasteiger partial charge in [-0.2, -0.15) is 5.10 Å². The van der Waals surface area contributed by atoms with Crippen molar-refractivity contribution in [3.05, 3.63) is 74.4 Å². The van der Waals surface area contributed by atoms with Crippen LogP contribution in [0.4, 0.5) is 0 Å². The van der Waals surface area contributed by atoms with Crippen LogP contribution in [0.1, 0.15) is 52.5 Å². The molecule has 2 aliphatic rings. The first-order chi connectivity index (χ1) is 23.1. The number of ether oxygens (including phenoxy) is 1. The predicted octanol–water partition coefficient (Wildman–Crippen LogP) is 3.00. The molecule has 4 N–H and O–H groups in total. The van der Waals surface area contributed by atoms with Gasteiger partial charge in [-0.05, 0) is 43.7 Å². The average molecular weight is 697 g/mol. The summed E-state index contributed by atoms with van der Waals surface area (Å²) in [6.07, 6.45) is 1.92. The van der Waals surface area contributed by atoms with E-state index in [0.717, 1.165) is 73.7 Å². The molecule has 2 aromatic carbocycles. The van der Waals surface area contributed by atoms with Gasteiger partial charge in [0.1, 0.15) is 13.1 Å². The van der Waals surface area contributed by atoms with Crippen LogP contribution in [0.5, 0.6) is 0 Å². The van der Waals surface area contributed by atoms with Gasteiger partial charge in [-0.1, -0.05) is 41.1 Å². The van der Waals surface area contributed by atoms with Crippen LogP contribution in [0.25, 0.3) is 11.3 Å². The number of hydrogen-bond donors (Lipinski definition) is 3. The molecule has 0 aliphatic carbocycles. The fourth-order valence-corrected chi connectivity index (χ4v) is 6.65. The highest BCUT2D eigenvalue weighted by Gasteiger charge is 2.31. The van der Waals surface area contributed by atoms with Gasteiger partial charge in [-0.3, -0.25) is 19.1 Å². The molecule has 0 unspecified atom stereocenters. The minimum atomic E-state index is -0.983. The van der Waals surface area contributed by atoms with Gasteiger partial charge in [-0.15, -0.1) is 0 Å². The first kappa shape index (κ1) is 35.4. The molecule has 11 nitrogen and oxygen atoms in total. The molecule has 3 amide bonds. The molecule has 13 heteroatoms. The molecule has 0 radical (unpaired) electrons. The lowest BCUT2D eigenvalue weighted by molar-refractivity contribution is -0.933. The number of halogens is 2. The second kappa shape index (κ2) is 16.0. The number of aliphatic hydroxyl groups is 1. The third-order valence-corrected chi connectivity index (χ3v) is 9.80. The maximum Gasteiger partial charge on any atom is 0.311 e. The quantitative estimate of drug-likeness (QED) is 0.129. The molecule has 0 bridgehead atoms. The second-order valence-corrected chi connectivity index (χ2v) is 12.9. The van der Waals surface area contributed by atoms with Gasteiger partial charge in [0.15, 0.2) is 0 Å². The second-order valence-electron chi connectivity index (χ2n) is 12.1. The van der Waals surface area contributed by atoms with E-state index in [-0.39, 0.29) is 24.6 Å². The third kappa shape index (κ3) is 8.20. The van der Waals surface area contributed by atoms with Crippen molar-refractivity contribution in [3.63, 3.8) is 0 Å². The van der Waals surface area contributed by atoms with Crippen molar-refractivity contribution in [2.75, 3.05) is 59.1 Å². The summed E-state index contributed by atoms with van der Waals surface area (Å²) in [5.74, 6) is 4.16. The fraction of sp³-hybridized carbons (Fsp3) is 0.429.